The third-order valence-corrected chi connectivity index (χ3v) is 4.11. The highest BCUT2D eigenvalue weighted by Gasteiger charge is 2.29. The summed E-state index contributed by atoms with van der Waals surface area (Å²) in [7, 11) is 0. The molecule has 1 aliphatic heterocycles. The van der Waals surface area contributed by atoms with Crippen LogP contribution in [0.25, 0.3) is 0 Å². The Kier molecular flexibility index (Phi) is 7.06. The molecule has 1 aromatic rings. The number of amides is 1. The number of nitrogens with zero attached hydrogens (tertiary/aromatic N) is 1. The Morgan fingerprint density at radius 1 is 1.38 bits per heavy atom. The highest BCUT2D eigenvalue weighted by atomic mass is 16.5. The first-order valence-electron chi connectivity index (χ1n) is 8.55. The predicted octanol–water partition coefficient (Wildman–Crippen LogP) is 2.03. The molecule has 6 nitrogen and oxygen atoms in total. The molecule has 0 bridgehead atoms. The quantitative estimate of drug-likeness (QED) is 0.760. The van der Waals surface area contributed by atoms with Crippen molar-refractivity contribution in [1.82, 2.24) is 10.2 Å². The minimum atomic E-state index is -0.844. The van der Waals surface area contributed by atoms with Gasteiger partial charge in [0, 0.05) is 6.54 Å². The molecule has 1 aromatic carbocycles. The first kappa shape index (κ1) is 18.3. The number of likely N-dealkylation sites (tertiary alicyclic amines) is 1. The lowest BCUT2D eigenvalue weighted by Crippen LogP contribution is -2.48. The van der Waals surface area contributed by atoms with Crippen LogP contribution in [0, 0.1) is 0 Å². The van der Waals surface area contributed by atoms with E-state index in [1.54, 1.807) is 4.90 Å². The van der Waals surface area contributed by atoms with Gasteiger partial charge in [-0.2, -0.15) is 0 Å². The van der Waals surface area contributed by atoms with Gasteiger partial charge in [0.25, 0.3) is 0 Å². The van der Waals surface area contributed by atoms with Gasteiger partial charge in [-0.05, 0) is 43.5 Å². The molecule has 1 aliphatic rings. The van der Waals surface area contributed by atoms with Gasteiger partial charge in [0.15, 0.2) is 0 Å². The monoisotopic (exact) mass is 334 g/mol. The molecule has 1 saturated heterocycles. The molecule has 1 unspecified atom stereocenters. The maximum Gasteiger partial charge on any atom is 0.320 e. The Bertz CT molecular complexity index is 562. The van der Waals surface area contributed by atoms with Crippen LogP contribution >= 0.6 is 0 Å². The van der Waals surface area contributed by atoms with Crippen LogP contribution < -0.4 is 10.1 Å². The third-order valence-electron chi connectivity index (χ3n) is 4.11. The largest absolute Gasteiger partial charge is 0.494 e. The molecule has 0 saturated carbocycles. The summed E-state index contributed by atoms with van der Waals surface area (Å²) >= 11 is 0. The molecule has 1 atom stereocenters. The van der Waals surface area contributed by atoms with Crippen LogP contribution in [0.3, 0.4) is 0 Å². The van der Waals surface area contributed by atoms with Gasteiger partial charge < -0.3 is 15.2 Å². The Labute approximate surface area is 142 Å². The second-order valence-electron chi connectivity index (χ2n) is 6.09. The van der Waals surface area contributed by atoms with Crippen LogP contribution in [0.5, 0.6) is 5.75 Å². The number of carbonyl (C=O) groups excluding carboxylic acids is 1. The smallest absolute Gasteiger partial charge is 0.320 e. The maximum atomic E-state index is 12.1. The Morgan fingerprint density at radius 3 is 2.96 bits per heavy atom. The van der Waals surface area contributed by atoms with Crippen molar-refractivity contribution in [1.29, 1.82) is 0 Å². The number of rotatable bonds is 8. The standard InChI is InChI=1S/C18H26N2O4/c1-2-10-24-15-7-5-6-14(11-15)12-19-17(21)13-20-9-4-3-8-16(20)18(22)23/h5-7,11,16H,2-4,8-10,12-13H2,1H3,(H,19,21)(H,22,23). The van der Waals surface area contributed by atoms with E-state index >= 15 is 0 Å². The van der Waals surface area contributed by atoms with E-state index in [-0.39, 0.29) is 12.5 Å². The minimum Gasteiger partial charge on any atom is -0.494 e. The number of carboxylic acid groups (broad SMARTS) is 1. The highest BCUT2D eigenvalue weighted by molar-refractivity contribution is 5.80. The van der Waals surface area contributed by atoms with Gasteiger partial charge in [0.2, 0.25) is 5.91 Å². The molecule has 6 heteroatoms. The van der Waals surface area contributed by atoms with Gasteiger partial charge in [0.1, 0.15) is 11.8 Å². The number of hydrogen-bond donors (Lipinski definition) is 2. The fourth-order valence-electron chi connectivity index (χ4n) is 2.87. The van der Waals surface area contributed by atoms with Crippen molar-refractivity contribution in [2.24, 2.45) is 0 Å². The first-order chi connectivity index (χ1) is 11.6. The third kappa shape index (κ3) is 5.53. The number of aliphatic carboxylic acids is 1. The van der Waals surface area contributed by atoms with Crippen molar-refractivity contribution in [3.63, 3.8) is 0 Å². The van der Waals surface area contributed by atoms with E-state index in [4.69, 9.17) is 4.74 Å². The number of nitrogens with one attached hydrogen (secondary N) is 1. The lowest BCUT2D eigenvalue weighted by atomic mass is 10.0. The summed E-state index contributed by atoms with van der Waals surface area (Å²) in [6.07, 6.45) is 3.40. The highest BCUT2D eigenvalue weighted by Crippen LogP contribution is 2.17. The molecule has 2 rings (SSSR count). The molecule has 0 aromatic heterocycles. The Morgan fingerprint density at radius 2 is 2.21 bits per heavy atom. The topological polar surface area (TPSA) is 78.9 Å². The zero-order valence-electron chi connectivity index (χ0n) is 14.2. The normalized spacial score (nSPS) is 18.1. The average molecular weight is 334 g/mol. The zero-order chi connectivity index (χ0) is 17.4. The molecular formula is C18H26N2O4. The minimum absolute atomic E-state index is 0.128. The summed E-state index contributed by atoms with van der Waals surface area (Å²) in [5.74, 6) is -0.197. The molecule has 1 fully saturated rings. The van der Waals surface area contributed by atoms with E-state index in [9.17, 15) is 14.7 Å². The number of carbonyl (C=O) groups is 2. The summed E-state index contributed by atoms with van der Waals surface area (Å²) in [5, 5.41) is 12.1. The summed E-state index contributed by atoms with van der Waals surface area (Å²) in [5.41, 5.74) is 0.963. The number of piperidine rings is 1. The number of benzene rings is 1. The molecule has 0 aliphatic carbocycles. The predicted molar refractivity (Wildman–Crippen MR) is 90.9 cm³/mol. The maximum absolute atomic E-state index is 12.1. The van der Waals surface area contributed by atoms with E-state index in [2.05, 4.69) is 12.2 Å². The molecular weight excluding hydrogens is 308 g/mol. The second-order valence-corrected chi connectivity index (χ2v) is 6.09. The summed E-state index contributed by atoms with van der Waals surface area (Å²) in [4.78, 5) is 25.1. The van der Waals surface area contributed by atoms with Crippen molar-refractivity contribution in [3.8, 4) is 5.75 Å². The SMILES string of the molecule is CCCOc1cccc(CNC(=O)CN2CCCCC2C(=O)O)c1. The summed E-state index contributed by atoms with van der Waals surface area (Å²) in [6.45, 7) is 3.91. The van der Waals surface area contributed by atoms with Crippen molar-refractivity contribution >= 4 is 11.9 Å². The van der Waals surface area contributed by atoms with E-state index in [1.807, 2.05) is 24.3 Å². The fraction of sp³-hybridized carbons (Fsp3) is 0.556. The van der Waals surface area contributed by atoms with Gasteiger partial charge in [-0.3, -0.25) is 14.5 Å². The molecule has 24 heavy (non-hydrogen) atoms. The molecule has 0 radical (unpaired) electrons. The van der Waals surface area contributed by atoms with Crippen molar-refractivity contribution in [2.45, 2.75) is 45.2 Å². The van der Waals surface area contributed by atoms with E-state index in [0.29, 0.717) is 26.1 Å². The number of ether oxygens (including phenoxy) is 1. The van der Waals surface area contributed by atoms with Gasteiger partial charge >= 0.3 is 5.97 Å². The number of hydrogen-bond acceptors (Lipinski definition) is 4. The van der Waals surface area contributed by atoms with E-state index in [0.717, 1.165) is 30.6 Å². The molecule has 0 spiro atoms. The summed E-state index contributed by atoms with van der Waals surface area (Å²) in [6, 6.07) is 7.09. The molecule has 1 amide bonds. The lowest BCUT2D eigenvalue weighted by Gasteiger charge is -2.32. The fourth-order valence-corrected chi connectivity index (χ4v) is 2.87. The van der Waals surface area contributed by atoms with Gasteiger partial charge in [0.05, 0.1) is 13.2 Å². The molecule has 132 valence electrons. The Balaban J connectivity index is 1.83. The molecule has 1 heterocycles. The second kappa shape index (κ2) is 9.27. The van der Waals surface area contributed by atoms with E-state index < -0.39 is 12.0 Å². The van der Waals surface area contributed by atoms with Crippen molar-refractivity contribution in [3.05, 3.63) is 29.8 Å². The van der Waals surface area contributed by atoms with E-state index in [1.165, 1.54) is 0 Å². The van der Waals surface area contributed by atoms with Crippen LogP contribution in [0.15, 0.2) is 24.3 Å². The lowest BCUT2D eigenvalue weighted by molar-refractivity contribution is -0.145. The van der Waals surface area contributed by atoms with Crippen LogP contribution in [-0.2, 0) is 16.1 Å². The zero-order valence-corrected chi connectivity index (χ0v) is 14.2. The Hall–Kier alpha value is -2.08. The van der Waals surface area contributed by atoms with Gasteiger partial charge in [-0.15, -0.1) is 0 Å². The van der Waals surface area contributed by atoms with Gasteiger partial charge in [-0.25, -0.2) is 0 Å². The van der Waals surface area contributed by atoms with Crippen molar-refractivity contribution < 1.29 is 19.4 Å². The van der Waals surface area contributed by atoms with Crippen LogP contribution in [0.4, 0.5) is 0 Å². The van der Waals surface area contributed by atoms with Crippen molar-refractivity contribution in [2.75, 3.05) is 19.7 Å². The van der Waals surface area contributed by atoms with Crippen LogP contribution in [0.1, 0.15) is 38.2 Å². The summed E-state index contributed by atoms with van der Waals surface area (Å²) < 4.78 is 5.58. The first-order valence-corrected chi connectivity index (χ1v) is 8.55. The number of carboxylic acids is 1. The molecule has 2 N–H and O–H groups in total. The van der Waals surface area contributed by atoms with Crippen LogP contribution in [-0.4, -0.2) is 47.6 Å². The van der Waals surface area contributed by atoms with Crippen LogP contribution in [0.2, 0.25) is 0 Å². The van der Waals surface area contributed by atoms with Gasteiger partial charge in [-0.1, -0.05) is 25.5 Å². The average Bonchev–Trinajstić information content (AvgIpc) is 2.59.